The Morgan fingerprint density at radius 1 is 1.15 bits per heavy atom. The predicted octanol–water partition coefficient (Wildman–Crippen LogP) is 3.45. The first-order chi connectivity index (χ1) is 13.1. The Balaban J connectivity index is 1.84. The van der Waals surface area contributed by atoms with Crippen LogP contribution < -0.4 is 10.2 Å². The molecular formula is C22H35N3O2. The molecule has 5 heteroatoms. The second-order valence-corrected chi connectivity index (χ2v) is 7.40. The number of nitrogens with zero attached hydrogens (tertiary/aromatic N) is 2. The normalized spacial score (nSPS) is 16.7. The highest BCUT2D eigenvalue weighted by atomic mass is 16.2. The van der Waals surface area contributed by atoms with Crippen LogP contribution in [0.15, 0.2) is 30.3 Å². The van der Waals surface area contributed by atoms with Crippen LogP contribution in [0, 0.1) is 5.92 Å². The van der Waals surface area contributed by atoms with Gasteiger partial charge in [0.2, 0.25) is 11.8 Å². The lowest BCUT2D eigenvalue weighted by molar-refractivity contribution is -0.127. The van der Waals surface area contributed by atoms with Crippen molar-refractivity contribution >= 4 is 17.5 Å². The van der Waals surface area contributed by atoms with E-state index in [1.807, 2.05) is 49.1 Å². The number of anilines is 1. The molecule has 0 spiro atoms. The van der Waals surface area contributed by atoms with Crippen molar-refractivity contribution in [2.45, 2.75) is 58.9 Å². The van der Waals surface area contributed by atoms with Crippen molar-refractivity contribution in [3.8, 4) is 0 Å². The zero-order chi connectivity index (χ0) is 19.6. The fourth-order valence-electron chi connectivity index (χ4n) is 3.74. The molecule has 0 aliphatic carbocycles. The summed E-state index contributed by atoms with van der Waals surface area (Å²) in [6, 6.07) is 9.66. The van der Waals surface area contributed by atoms with Crippen molar-refractivity contribution in [2.24, 2.45) is 5.92 Å². The Kier molecular flexibility index (Phi) is 8.79. The number of carbonyl (C=O) groups excluding carboxylic acids is 2. The molecule has 27 heavy (non-hydrogen) atoms. The van der Waals surface area contributed by atoms with Crippen molar-refractivity contribution in [2.75, 3.05) is 31.1 Å². The zero-order valence-electron chi connectivity index (χ0n) is 17.1. The minimum Gasteiger partial charge on any atom is -0.356 e. The standard InChI is InChI=1S/C22H35N3O2/c1-4-6-10-15-23-21(26)19-13-16-24(17-14-19)18(3)22(27)25(5-2)20-11-8-7-9-12-20/h7-9,11-12,18-19H,4-6,10,13-17H2,1-3H3,(H,23,26). The lowest BCUT2D eigenvalue weighted by atomic mass is 9.94. The summed E-state index contributed by atoms with van der Waals surface area (Å²) in [4.78, 5) is 29.4. The molecule has 2 rings (SSSR count). The van der Waals surface area contributed by atoms with Gasteiger partial charge in [0, 0.05) is 24.7 Å². The van der Waals surface area contributed by atoms with Gasteiger partial charge < -0.3 is 10.2 Å². The highest BCUT2D eigenvalue weighted by Gasteiger charge is 2.31. The van der Waals surface area contributed by atoms with Gasteiger partial charge in [0.05, 0.1) is 6.04 Å². The van der Waals surface area contributed by atoms with Gasteiger partial charge >= 0.3 is 0 Å². The maximum absolute atomic E-state index is 13.0. The van der Waals surface area contributed by atoms with E-state index in [1.165, 1.54) is 0 Å². The monoisotopic (exact) mass is 373 g/mol. The molecule has 1 aromatic carbocycles. The van der Waals surface area contributed by atoms with Crippen LogP contribution in [0.25, 0.3) is 0 Å². The summed E-state index contributed by atoms with van der Waals surface area (Å²) in [6.45, 7) is 9.19. The number of nitrogens with one attached hydrogen (secondary N) is 1. The number of carbonyl (C=O) groups is 2. The quantitative estimate of drug-likeness (QED) is 0.675. The molecule has 1 aliphatic heterocycles. The topological polar surface area (TPSA) is 52.7 Å². The highest BCUT2D eigenvalue weighted by molar-refractivity contribution is 5.96. The van der Waals surface area contributed by atoms with Crippen LogP contribution in [-0.4, -0.2) is 48.9 Å². The Morgan fingerprint density at radius 3 is 2.41 bits per heavy atom. The summed E-state index contributed by atoms with van der Waals surface area (Å²) >= 11 is 0. The fraction of sp³-hybridized carbons (Fsp3) is 0.636. The zero-order valence-corrected chi connectivity index (χ0v) is 17.1. The average Bonchev–Trinajstić information content (AvgIpc) is 2.72. The van der Waals surface area contributed by atoms with Crippen LogP contribution >= 0.6 is 0 Å². The molecule has 0 aromatic heterocycles. The Bertz CT molecular complexity index is 582. The van der Waals surface area contributed by atoms with E-state index >= 15 is 0 Å². The Hall–Kier alpha value is -1.88. The largest absolute Gasteiger partial charge is 0.356 e. The minimum absolute atomic E-state index is 0.0848. The second kappa shape index (κ2) is 11.1. The molecule has 0 bridgehead atoms. The summed E-state index contributed by atoms with van der Waals surface area (Å²) in [5, 5.41) is 3.07. The average molecular weight is 374 g/mol. The Morgan fingerprint density at radius 2 is 1.81 bits per heavy atom. The summed E-state index contributed by atoms with van der Waals surface area (Å²) < 4.78 is 0. The first kappa shape index (κ1) is 21.4. The van der Waals surface area contributed by atoms with E-state index in [-0.39, 0.29) is 23.8 Å². The summed E-state index contributed by atoms with van der Waals surface area (Å²) in [7, 11) is 0. The van der Waals surface area contributed by atoms with Crippen LogP contribution in [0.1, 0.15) is 52.9 Å². The molecule has 1 saturated heterocycles. The number of benzene rings is 1. The number of hydrogen-bond donors (Lipinski definition) is 1. The minimum atomic E-state index is -0.168. The number of amides is 2. The third-order valence-corrected chi connectivity index (χ3v) is 5.54. The first-order valence-electron chi connectivity index (χ1n) is 10.5. The molecule has 1 aromatic rings. The van der Waals surface area contributed by atoms with Gasteiger partial charge in [0.15, 0.2) is 0 Å². The van der Waals surface area contributed by atoms with E-state index in [4.69, 9.17) is 0 Å². The van der Waals surface area contributed by atoms with Gasteiger partial charge in [0.25, 0.3) is 0 Å². The molecule has 1 aliphatic rings. The molecule has 150 valence electrons. The van der Waals surface area contributed by atoms with Crippen LogP contribution in [0.4, 0.5) is 5.69 Å². The number of likely N-dealkylation sites (tertiary alicyclic amines) is 1. The molecule has 1 unspecified atom stereocenters. The van der Waals surface area contributed by atoms with E-state index in [0.29, 0.717) is 6.54 Å². The number of likely N-dealkylation sites (N-methyl/N-ethyl adjacent to an activating group) is 1. The molecule has 1 atom stereocenters. The van der Waals surface area contributed by atoms with Crippen LogP contribution in [0.2, 0.25) is 0 Å². The van der Waals surface area contributed by atoms with Crippen LogP contribution in [0.5, 0.6) is 0 Å². The number of para-hydroxylation sites is 1. The summed E-state index contributed by atoms with van der Waals surface area (Å²) in [5.74, 6) is 0.400. The van der Waals surface area contributed by atoms with E-state index in [9.17, 15) is 9.59 Å². The van der Waals surface area contributed by atoms with Gasteiger partial charge in [-0.05, 0) is 58.3 Å². The van der Waals surface area contributed by atoms with E-state index in [1.54, 1.807) is 0 Å². The van der Waals surface area contributed by atoms with Crippen molar-refractivity contribution in [1.82, 2.24) is 10.2 Å². The highest BCUT2D eigenvalue weighted by Crippen LogP contribution is 2.22. The molecule has 1 fully saturated rings. The third kappa shape index (κ3) is 6.06. The number of unbranched alkanes of at least 4 members (excludes halogenated alkanes) is 2. The molecule has 0 saturated carbocycles. The maximum Gasteiger partial charge on any atom is 0.244 e. The fourth-order valence-corrected chi connectivity index (χ4v) is 3.74. The summed E-state index contributed by atoms with van der Waals surface area (Å²) in [5.41, 5.74) is 0.943. The van der Waals surface area contributed by atoms with Gasteiger partial charge in [-0.25, -0.2) is 0 Å². The van der Waals surface area contributed by atoms with Crippen molar-refractivity contribution in [3.63, 3.8) is 0 Å². The second-order valence-electron chi connectivity index (χ2n) is 7.40. The third-order valence-electron chi connectivity index (χ3n) is 5.54. The first-order valence-corrected chi connectivity index (χ1v) is 10.5. The summed E-state index contributed by atoms with van der Waals surface area (Å²) in [6.07, 6.45) is 5.04. The van der Waals surface area contributed by atoms with Gasteiger partial charge in [-0.2, -0.15) is 0 Å². The van der Waals surface area contributed by atoms with Gasteiger partial charge in [-0.3, -0.25) is 14.5 Å². The Labute approximate surface area is 164 Å². The lowest BCUT2D eigenvalue weighted by Crippen LogP contribution is -2.51. The van der Waals surface area contributed by atoms with Crippen molar-refractivity contribution < 1.29 is 9.59 Å². The molecule has 2 amide bonds. The van der Waals surface area contributed by atoms with Gasteiger partial charge in [0.1, 0.15) is 0 Å². The van der Waals surface area contributed by atoms with Crippen LogP contribution in [-0.2, 0) is 9.59 Å². The maximum atomic E-state index is 13.0. The molecule has 1 N–H and O–H groups in total. The van der Waals surface area contributed by atoms with Crippen LogP contribution in [0.3, 0.4) is 0 Å². The van der Waals surface area contributed by atoms with E-state index in [0.717, 1.165) is 57.4 Å². The molecule has 1 heterocycles. The van der Waals surface area contributed by atoms with Gasteiger partial charge in [-0.1, -0.05) is 38.0 Å². The number of hydrogen-bond acceptors (Lipinski definition) is 3. The van der Waals surface area contributed by atoms with Crippen molar-refractivity contribution in [1.29, 1.82) is 0 Å². The van der Waals surface area contributed by atoms with Gasteiger partial charge in [-0.15, -0.1) is 0 Å². The lowest BCUT2D eigenvalue weighted by Gasteiger charge is -2.36. The molecule has 0 radical (unpaired) electrons. The molecular weight excluding hydrogens is 338 g/mol. The van der Waals surface area contributed by atoms with E-state index in [2.05, 4.69) is 17.1 Å². The van der Waals surface area contributed by atoms with E-state index < -0.39 is 0 Å². The number of piperidine rings is 1. The predicted molar refractivity (Wildman–Crippen MR) is 111 cm³/mol. The number of rotatable bonds is 9. The molecule has 5 nitrogen and oxygen atoms in total. The smallest absolute Gasteiger partial charge is 0.244 e. The van der Waals surface area contributed by atoms with Crippen molar-refractivity contribution in [3.05, 3.63) is 30.3 Å². The SMILES string of the molecule is CCCCCNC(=O)C1CCN(C(C)C(=O)N(CC)c2ccccc2)CC1.